The minimum atomic E-state index is -0.254. The molecule has 0 aliphatic carbocycles. The van der Waals surface area contributed by atoms with Crippen molar-refractivity contribution in [2.24, 2.45) is 5.73 Å². The molecular formula is C14H28N2O3. The summed E-state index contributed by atoms with van der Waals surface area (Å²) in [5, 5.41) is 3.05. The van der Waals surface area contributed by atoms with E-state index >= 15 is 0 Å². The Morgan fingerprint density at radius 3 is 2.53 bits per heavy atom. The van der Waals surface area contributed by atoms with Gasteiger partial charge in [-0.2, -0.15) is 0 Å². The summed E-state index contributed by atoms with van der Waals surface area (Å²) < 4.78 is 11.0. The molecule has 1 rings (SSSR count). The van der Waals surface area contributed by atoms with Crippen LogP contribution in [-0.2, 0) is 14.3 Å². The first kappa shape index (κ1) is 16.4. The zero-order chi connectivity index (χ0) is 14.1. The van der Waals surface area contributed by atoms with Gasteiger partial charge >= 0.3 is 0 Å². The lowest BCUT2D eigenvalue weighted by Crippen LogP contribution is -2.53. The molecule has 1 amide bonds. The molecule has 1 aliphatic heterocycles. The molecule has 0 aromatic carbocycles. The van der Waals surface area contributed by atoms with Gasteiger partial charge in [-0.25, -0.2) is 0 Å². The third kappa shape index (κ3) is 5.47. The van der Waals surface area contributed by atoms with Gasteiger partial charge in [0.2, 0.25) is 5.91 Å². The molecule has 0 unspecified atom stereocenters. The monoisotopic (exact) mass is 272 g/mol. The molecule has 0 spiro atoms. The van der Waals surface area contributed by atoms with Crippen LogP contribution in [0, 0.1) is 0 Å². The lowest BCUT2D eigenvalue weighted by atomic mass is 9.93. The summed E-state index contributed by atoms with van der Waals surface area (Å²) in [6, 6.07) is 0. The van der Waals surface area contributed by atoms with Crippen molar-refractivity contribution in [3.63, 3.8) is 0 Å². The highest BCUT2D eigenvalue weighted by Gasteiger charge is 2.26. The number of ether oxygens (including phenoxy) is 2. The van der Waals surface area contributed by atoms with Crippen LogP contribution in [-0.4, -0.2) is 43.9 Å². The molecule has 5 nitrogen and oxygen atoms in total. The number of carbonyl (C=O) groups excluding carboxylic acids is 1. The van der Waals surface area contributed by atoms with Gasteiger partial charge in [-0.3, -0.25) is 4.79 Å². The molecule has 1 heterocycles. The lowest BCUT2D eigenvalue weighted by Gasteiger charge is -2.31. The van der Waals surface area contributed by atoms with Crippen LogP contribution in [0.1, 0.15) is 46.0 Å². The third-order valence-corrected chi connectivity index (χ3v) is 4.00. The van der Waals surface area contributed by atoms with Crippen LogP contribution in [0.15, 0.2) is 0 Å². The molecule has 0 atom stereocenters. The Morgan fingerprint density at radius 1 is 1.37 bits per heavy atom. The summed E-state index contributed by atoms with van der Waals surface area (Å²) >= 11 is 0. The van der Waals surface area contributed by atoms with Crippen LogP contribution in [0.3, 0.4) is 0 Å². The fourth-order valence-electron chi connectivity index (χ4n) is 2.29. The quantitative estimate of drug-likeness (QED) is 0.696. The van der Waals surface area contributed by atoms with Gasteiger partial charge in [0, 0.05) is 26.2 Å². The van der Waals surface area contributed by atoms with E-state index in [2.05, 4.69) is 19.2 Å². The highest BCUT2D eigenvalue weighted by molar-refractivity contribution is 5.76. The summed E-state index contributed by atoms with van der Waals surface area (Å²) in [6.07, 6.45) is 4.22. The third-order valence-electron chi connectivity index (χ3n) is 4.00. The van der Waals surface area contributed by atoms with Crippen LogP contribution in [0.2, 0.25) is 0 Å². The van der Waals surface area contributed by atoms with Gasteiger partial charge in [0.1, 0.15) is 0 Å². The first-order chi connectivity index (χ1) is 9.15. The SMILES string of the molecule is CCC(CC)(CN)NC(=O)CCOC1CCOCC1. The minimum absolute atomic E-state index is 0.0289. The van der Waals surface area contributed by atoms with E-state index in [4.69, 9.17) is 15.2 Å². The molecule has 1 aliphatic rings. The van der Waals surface area contributed by atoms with E-state index in [0.717, 1.165) is 38.9 Å². The van der Waals surface area contributed by atoms with Gasteiger partial charge in [-0.15, -0.1) is 0 Å². The maximum atomic E-state index is 11.9. The molecule has 1 saturated heterocycles. The van der Waals surface area contributed by atoms with E-state index in [1.165, 1.54) is 0 Å². The Bertz CT molecular complexity index is 253. The van der Waals surface area contributed by atoms with E-state index in [9.17, 15) is 4.79 Å². The molecule has 0 aromatic rings. The average molecular weight is 272 g/mol. The molecule has 0 bridgehead atoms. The Kier molecular flexibility index (Phi) is 7.34. The van der Waals surface area contributed by atoms with E-state index in [-0.39, 0.29) is 17.6 Å². The Balaban J connectivity index is 2.23. The highest BCUT2D eigenvalue weighted by Crippen LogP contribution is 2.14. The molecule has 1 fully saturated rings. The van der Waals surface area contributed by atoms with Crippen molar-refractivity contribution in [1.29, 1.82) is 0 Å². The first-order valence-electron chi connectivity index (χ1n) is 7.36. The number of nitrogens with one attached hydrogen (secondary N) is 1. The molecule has 0 radical (unpaired) electrons. The van der Waals surface area contributed by atoms with E-state index in [0.29, 0.717) is 19.6 Å². The maximum Gasteiger partial charge on any atom is 0.222 e. The van der Waals surface area contributed by atoms with Crippen molar-refractivity contribution in [2.75, 3.05) is 26.4 Å². The number of amides is 1. The standard InChI is InChI=1S/C14H28N2O3/c1-3-14(4-2,11-15)16-13(17)7-10-19-12-5-8-18-9-6-12/h12H,3-11,15H2,1-2H3,(H,16,17). The molecule has 112 valence electrons. The number of hydrogen-bond donors (Lipinski definition) is 2. The van der Waals surface area contributed by atoms with Gasteiger partial charge in [-0.05, 0) is 25.7 Å². The zero-order valence-corrected chi connectivity index (χ0v) is 12.2. The molecular weight excluding hydrogens is 244 g/mol. The molecule has 3 N–H and O–H groups in total. The predicted molar refractivity (Wildman–Crippen MR) is 74.9 cm³/mol. The Labute approximate surface area is 116 Å². The second-order valence-corrected chi connectivity index (χ2v) is 5.17. The van der Waals surface area contributed by atoms with Crippen molar-refractivity contribution < 1.29 is 14.3 Å². The van der Waals surface area contributed by atoms with Crippen LogP contribution < -0.4 is 11.1 Å². The minimum Gasteiger partial charge on any atom is -0.381 e. The highest BCUT2D eigenvalue weighted by atomic mass is 16.5. The van der Waals surface area contributed by atoms with Gasteiger partial charge < -0.3 is 20.5 Å². The fourth-order valence-corrected chi connectivity index (χ4v) is 2.29. The second kappa shape index (κ2) is 8.51. The van der Waals surface area contributed by atoms with Crippen molar-refractivity contribution in [3.05, 3.63) is 0 Å². The van der Waals surface area contributed by atoms with Crippen LogP contribution in [0.25, 0.3) is 0 Å². The lowest BCUT2D eigenvalue weighted by molar-refractivity contribution is -0.125. The molecule has 19 heavy (non-hydrogen) atoms. The van der Waals surface area contributed by atoms with Crippen LogP contribution >= 0.6 is 0 Å². The number of nitrogens with two attached hydrogens (primary N) is 1. The largest absolute Gasteiger partial charge is 0.381 e. The van der Waals surface area contributed by atoms with Crippen LogP contribution in [0.5, 0.6) is 0 Å². The van der Waals surface area contributed by atoms with Gasteiger partial charge in [0.15, 0.2) is 0 Å². The predicted octanol–water partition coefficient (Wildman–Crippen LogP) is 1.21. The topological polar surface area (TPSA) is 73.6 Å². The summed E-state index contributed by atoms with van der Waals surface area (Å²) in [5.74, 6) is 0.0289. The average Bonchev–Trinajstić information content (AvgIpc) is 2.46. The van der Waals surface area contributed by atoms with Crippen molar-refractivity contribution >= 4 is 5.91 Å². The summed E-state index contributed by atoms with van der Waals surface area (Å²) in [4.78, 5) is 11.9. The molecule has 0 aromatic heterocycles. The molecule has 0 saturated carbocycles. The number of hydrogen-bond acceptors (Lipinski definition) is 4. The van der Waals surface area contributed by atoms with Crippen molar-refractivity contribution in [1.82, 2.24) is 5.32 Å². The Morgan fingerprint density at radius 2 is 2.00 bits per heavy atom. The van der Waals surface area contributed by atoms with Crippen molar-refractivity contribution in [3.8, 4) is 0 Å². The molecule has 5 heteroatoms. The second-order valence-electron chi connectivity index (χ2n) is 5.17. The first-order valence-corrected chi connectivity index (χ1v) is 7.36. The fraction of sp³-hybridized carbons (Fsp3) is 0.929. The van der Waals surface area contributed by atoms with Gasteiger partial charge in [0.05, 0.1) is 18.2 Å². The summed E-state index contributed by atoms with van der Waals surface area (Å²) in [7, 11) is 0. The number of carbonyl (C=O) groups is 1. The number of rotatable bonds is 8. The van der Waals surface area contributed by atoms with Crippen LogP contribution in [0.4, 0.5) is 0 Å². The van der Waals surface area contributed by atoms with E-state index < -0.39 is 0 Å². The van der Waals surface area contributed by atoms with Gasteiger partial charge in [0.25, 0.3) is 0 Å². The smallest absolute Gasteiger partial charge is 0.222 e. The Hall–Kier alpha value is -0.650. The van der Waals surface area contributed by atoms with Crippen molar-refractivity contribution in [2.45, 2.75) is 57.6 Å². The summed E-state index contributed by atoms with van der Waals surface area (Å²) in [5.41, 5.74) is 5.51. The van der Waals surface area contributed by atoms with E-state index in [1.807, 2.05) is 0 Å². The maximum absolute atomic E-state index is 11.9. The van der Waals surface area contributed by atoms with Gasteiger partial charge in [-0.1, -0.05) is 13.8 Å². The zero-order valence-electron chi connectivity index (χ0n) is 12.2. The normalized spacial score (nSPS) is 17.4. The summed E-state index contributed by atoms with van der Waals surface area (Å²) in [6.45, 7) is 6.58. The van der Waals surface area contributed by atoms with E-state index in [1.54, 1.807) is 0 Å².